The molecule has 0 amide bonds. The normalized spacial score (nSPS) is 21.8. The van der Waals surface area contributed by atoms with Crippen molar-refractivity contribution in [2.75, 3.05) is 6.54 Å². The van der Waals surface area contributed by atoms with Crippen molar-refractivity contribution in [2.24, 2.45) is 5.92 Å². The third kappa shape index (κ3) is 4.92. The maximum Gasteiger partial charge on any atom is 1.00 e. The van der Waals surface area contributed by atoms with Gasteiger partial charge in [-0.3, -0.25) is 11.1 Å². The summed E-state index contributed by atoms with van der Waals surface area (Å²) in [4.78, 5) is 2.55. The van der Waals surface area contributed by atoms with Gasteiger partial charge in [-0.1, -0.05) is 44.6 Å². The van der Waals surface area contributed by atoms with Crippen LogP contribution in [0.2, 0.25) is 0 Å². The Hall–Kier alpha value is -0.364. The smallest absolute Gasteiger partial charge is 1.00 e. The molecule has 0 saturated heterocycles. The number of furan rings is 1. The molecule has 1 N–H and O–H groups in total. The third-order valence-electron chi connectivity index (χ3n) is 5.54. The first-order chi connectivity index (χ1) is 12.3. The van der Waals surface area contributed by atoms with Gasteiger partial charge in [-0.05, 0) is 18.5 Å². The molecule has 1 aromatic heterocycles. The summed E-state index contributed by atoms with van der Waals surface area (Å²) in [5.74, 6) is 0.978. The van der Waals surface area contributed by atoms with E-state index in [1.165, 1.54) is 43.2 Å². The van der Waals surface area contributed by atoms with E-state index in [4.69, 9.17) is 4.42 Å². The topological polar surface area (TPSA) is 36.6 Å². The fraction of sp³-hybridized carbons (Fsp3) is 0.455. The van der Waals surface area contributed by atoms with Crippen LogP contribution in [0, 0.1) is 18.1 Å². The summed E-state index contributed by atoms with van der Waals surface area (Å²) in [5.41, 5.74) is 3.42. The molecular weight excluding hydrogens is 349 g/mol. The minimum Gasteiger partial charge on any atom is -1.00 e. The average molecular weight is 376 g/mol. The monoisotopic (exact) mass is 375 g/mol. The molecule has 4 heteroatoms. The van der Waals surface area contributed by atoms with Gasteiger partial charge in [0.15, 0.2) is 0 Å². The summed E-state index contributed by atoms with van der Waals surface area (Å²) in [6.07, 6.45) is 14.9. The molecule has 134 valence electrons. The number of benzene rings is 1. The molecule has 1 aliphatic heterocycles. The molecule has 1 atom stereocenters. The van der Waals surface area contributed by atoms with Gasteiger partial charge in [-0.2, -0.15) is 12.1 Å². The van der Waals surface area contributed by atoms with Crippen molar-refractivity contribution in [3.8, 4) is 5.75 Å². The van der Waals surface area contributed by atoms with Gasteiger partial charge in [0, 0.05) is 17.9 Å². The van der Waals surface area contributed by atoms with Crippen molar-refractivity contribution in [2.45, 2.75) is 51.1 Å². The van der Waals surface area contributed by atoms with Gasteiger partial charge in [0.05, 0.1) is 12.5 Å². The average Bonchev–Trinajstić information content (AvgIpc) is 3.16. The van der Waals surface area contributed by atoms with Crippen LogP contribution in [0.4, 0.5) is 0 Å². The number of hydrogen-bond donors (Lipinski definition) is 1. The van der Waals surface area contributed by atoms with Gasteiger partial charge in [0.2, 0.25) is 0 Å². The van der Waals surface area contributed by atoms with Crippen LogP contribution in [0.5, 0.6) is 5.75 Å². The zero-order valence-corrected chi connectivity index (χ0v) is 18.7. The van der Waals surface area contributed by atoms with Crippen molar-refractivity contribution in [1.82, 2.24) is 4.90 Å². The summed E-state index contributed by atoms with van der Waals surface area (Å²) >= 11 is 0. The maximum absolute atomic E-state index is 9.80. The quantitative estimate of drug-likeness (QED) is 0.655. The summed E-state index contributed by atoms with van der Waals surface area (Å²) in [5, 5.41) is 9.80. The van der Waals surface area contributed by atoms with Crippen molar-refractivity contribution < 1.29 is 62.3 Å². The summed E-state index contributed by atoms with van der Waals surface area (Å²) in [6, 6.07) is 11.0. The molecule has 0 spiro atoms. The Morgan fingerprint density at radius 2 is 2.08 bits per heavy atom. The molecule has 2 heterocycles. The zero-order valence-electron chi connectivity index (χ0n) is 16.6. The predicted molar refractivity (Wildman–Crippen MR) is 98.8 cm³/mol. The fourth-order valence-electron chi connectivity index (χ4n) is 4.24. The number of phenols is 1. The van der Waals surface area contributed by atoms with Crippen LogP contribution in [-0.4, -0.2) is 22.6 Å². The van der Waals surface area contributed by atoms with Gasteiger partial charge >= 0.3 is 51.4 Å². The molecule has 1 unspecified atom stereocenters. The van der Waals surface area contributed by atoms with Crippen LogP contribution in [0.1, 0.15) is 51.1 Å². The minimum absolute atomic E-state index is 0. The van der Waals surface area contributed by atoms with E-state index in [1.807, 2.05) is 12.3 Å². The van der Waals surface area contributed by atoms with Crippen molar-refractivity contribution in [3.05, 3.63) is 60.1 Å². The summed E-state index contributed by atoms with van der Waals surface area (Å²) in [7, 11) is 0. The minimum atomic E-state index is 0. The van der Waals surface area contributed by atoms with Gasteiger partial charge in [-0.15, -0.1) is 6.07 Å². The van der Waals surface area contributed by atoms with Crippen molar-refractivity contribution in [1.29, 1.82) is 0 Å². The first-order valence-electron chi connectivity index (χ1n) is 9.38. The first kappa shape index (κ1) is 20.4. The second kappa shape index (κ2) is 9.72. The number of hydrogen-bond acceptors (Lipinski definition) is 3. The van der Waals surface area contributed by atoms with Crippen LogP contribution < -0.4 is 51.4 Å². The van der Waals surface area contributed by atoms with E-state index in [-0.39, 0.29) is 52.8 Å². The van der Waals surface area contributed by atoms with E-state index in [2.05, 4.69) is 23.1 Å². The molecule has 4 rings (SSSR count). The predicted octanol–water partition coefficient (Wildman–Crippen LogP) is 1.94. The number of phenolic OH excluding ortho intramolecular Hbond substituents is 1. The Kier molecular flexibility index (Phi) is 7.61. The van der Waals surface area contributed by atoms with E-state index in [0.29, 0.717) is 17.7 Å². The molecule has 3 nitrogen and oxygen atoms in total. The summed E-state index contributed by atoms with van der Waals surface area (Å²) in [6.45, 7) is 1.93. The van der Waals surface area contributed by atoms with Gasteiger partial charge < -0.3 is 21.9 Å². The zero-order chi connectivity index (χ0) is 17.1. The van der Waals surface area contributed by atoms with Crippen LogP contribution >= 0.6 is 0 Å². The van der Waals surface area contributed by atoms with E-state index in [1.54, 1.807) is 18.4 Å². The standard InChI is InChI=1S/C22H25NO2.K.H/c24-21-8-4-7-19(13-21)20-9-11-23(15-17-10-12-25-16-17)22(14-20)18-5-2-1-3-6-18;;/h4,8,10,12-13,16,18,22,24H,1-3,5-6,9,11,15H2;;/q-2;+1;-1. The van der Waals surface area contributed by atoms with Crippen molar-refractivity contribution >= 4 is 5.57 Å². The van der Waals surface area contributed by atoms with E-state index >= 15 is 0 Å². The van der Waals surface area contributed by atoms with E-state index in [9.17, 15) is 5.11 Å². The molecule has 0 bridgehead atoms. The second-order valence-corrected chi connectivity index (χ2v) is 7.28. The summed E-state index contributed by atoms with van der Waals surface area (Å²) < 4.78 is 5.26. The second-order valence-electron chi connectivity index (χ2n) is 7.28. The molecule has 2 aromatic rings. The molecule has 1 saturated carbocycles. The SMILES string of the molecule is Oc1cc[c-]c(C2=[C-]C(C3CCCCC3)N(Cc3ccoc3)CC2)c1.[H-].[K+]. The van der Waals surface area contributed by atoms with Crippen LogP contribution in [0.3, 0.4) is 0 Å². The Morgan fingerprint density at radius 1 is 1.23 bits per heavy atom. The maximum atomic E-state index is 9.80. The molecule has 1 aromatic carbocycles. The molecule has 1 aliphatic carbocycles. The Bertz CT molecular complexity index is 726. The van der Waals surface area contributed by atoms with Crippen LogP contribution in [0.15, 0.2) is 41.2 Å². The third-order valence-corrected chi connectivity index (χ3v) is 5.54. The van der Waals surface area contributed by atoms with Gasteiger partial charge in [0.1, 0.15) is 0 Å². The largest absolute Gasteiger partial charge is 1.00 e. The molecule has 1 fully saturated rings. The Labute approximate surface area is 200 Å². The molecular formula is C22H26KNO2-2. The Morgan fingerprint density at radius 3 is 2.81 bits per heavy atom. The van der Waals surface area contributed by atoms with Crippen molar-refractivity contribution in [3.63, 3.8) is 0 Å². The number of rotatable bonds is 4. The van der Waals surface area contributed by atoms with Crippen LogP contribution in [-0.2, 0) is 6.54 Å². The van der Waals surface area contributed by atoms with E-state index < -0.39 is 0 Å². The molecule has 2 aliphatic rings. The van der Waals surface area contributed by atoms with E-state index in [0.717, 1.165) is 25.1 Å². The molecule has 26 heavy (non-hydrogen) atoms. The fourth-order valence-corrected chi connectivity index (χ4v) is 4.24. The Balaban J connectivity index is 0.00000131. The van der Waals surface area contributed by atoms with Crippen LogP contribution in [0.25, 0.3) is 5.57 Å². The number of nitrogens with zero attached hydrogens (tertiary/aromatic N) is 1. The number of aromatic hydroxyl groups is 1. The first-order valence-corrected chi connectivity index (χ1v) is 9.38. The van der Waals surface area contributed by atoms with Gasteiger partial charge in [-0.25, -0.2) is 6.07 Å². The van der Waals surface area contributed by atoms with Gasteiger partial charge in [0.25, 0.3) is 0 Å². The molecule has 0 radical (unpaired) electrons.